The predicted octanol–water partition coefficient (Wildman–Crippen LogP) is 3.67. The molecule has 2 fully saturated rings. The molecule has 0 heterocycles. The Morgan fingerprint density at radius 3 is 2.24 bits per heavy atom. The average molecular weight is 344 g/mol. The minimum atomic E-state index is -0.171. The maximum absolute atomic E-state index is 12.8. The van der Waals surface area contributed by atoms with E-state index in [9.17, 15) is 4.79 Å². The average Bonchev–Trinajstić information content (AvgIpc) is 3.16. The molecule has 2 saturated carbocycles. The van der Waals surface area contributed by atoms with Crippen LogP contribution in [0, 0.1) is 5.92 Å². The van der Waals surface area contributed by atoms with Gasteiger partial charge < -0.3 is 15.8 Å². The lowest BCUT2D eigenvalue weighted by Gasteiger charge is -2.30. The normalized spacial score (nSPS) is 20.5. The number of esters is 1. The summed E-state index contributed by atoms with van der Waals surface area (Å²) in [7, 11) is 0. The Bertz CT molecular complexity index is 531. The molecule has 2 aliphatic carbocycles. The Balaban J connectivity index is 1.61. The van der Waals surface area contributed by atoms with Gasteiger partial charge in [-0.3, -0.25) is 4.79 Å². The fourth-order valence-corrected chi connectivity index (χ4v) is 4.17. The van der Waals surface area contributed by atoms with Crippen LogP contribution in [-0.2, 0) is 22.6 Å². The summed E-state index contributed by atoms with van der Waals surface area (Å²) >= 11 is 0. The van der Waals surface area contributed by atoms with Crippen molar-refractivity contribution in [2.24, 2.45) is 11.7 Å². The second-order valence-corrected chi connectivity index (χ2v) is 7.62. The predicted molar refractivity (Wildman–Crippen MR) is 99.9 cm³/mol. The summed E-state index contributed by atoms with van der Waals surface area (Å²) in [5, 5.41) is 3.51. The lowest BCUT2D eigenvalue weighted by atomic mass is 9.83. The van der Waals surface area contributed by atoms with Crippen molar-refractivity contribution >= 4 is 5.97 Å². The zero-order valence-corrected chi connectivity index (χ0v) is 15.2. The van der Waals surface area contributed by atoms with Gasteiger partial charge in [-0.1, -0.05) is 43.5 Å². The second kappa shape index (κ2) is 9.35. The van der Waals surface area contributed by atoms with Crippen LogP contribution in [0.4, 0.5) is 0 Å². The van der Waals surface area contributed by atoms with Crippen LogP contribution in [0.15, 0.2) is 24.3 Å². The third-order valence-corrected chi connectivity index (χ3v) is 5.74. The third-order valence-electron chi connectivity index (χ3n) is 5.74. The molecule has 3 N–H and O–H groups in total. The third kappa shape index (κ3) is 5.29. The Morgan fingerprint density at radius 1 is 1.00 bits per heavy atom. The molecule has 2 aliphatic rings. The lowest BCUT2D eigenvalue weighted by molar-refractivity contribution is -0.153. The molecule has 0 radical (unpaired) electrons. The van der Waals surface area contributed by atoms with E-state index in [-0.39, 0.29) is 18.1 Å². The molecule has 0 aliphatic heterocycles. The molecule has 0 aromatic heterocycles. The maximum atomic E-state index is 12.8. The van der Waals surface area contributed by atoms with Gasteiger partial charge >= 0.3 is 5.97 Å². The number of carbonyl (C=O) groups excluding carboxylic acids is 1. The van der Waals surface area contributed by atoms with Crippen LogP contribution in [0.2, 0.25) is 0 Å². The lowest BCUT2D eigenvalue weighted by Crippen LogP contribution is -2.45. The summed E-state index contributed by atoms with van der Waals surface area (Å²) in [6.45, 7) is 1.26. The van der Waals surface area contributed by atoms with Gasteiger partial charge in [0.15, 0.2) is 0 Å². The fourth-order valence-electron chi connectivity index (χ4n) is 4.17. The van der Waals surface area contributed by atoms with E-state index in [1.165, 1.54) is 37.7 Å². The number of nitrogens with two attached hydrogens (primary N) is 1. The van der Waals surface area contributed by atoms with Gasteiger partial charge in [-0.15, -0.1) is 0 Å². The zero-order valence-electron chi connectivity index (χ0n) is 15.2. The van der Waals surface area contributed by atoms with E-state index in [4.69, 9.17) is 10.5 Å². The van der Waals surface area contributed by atoms with E-state index in [2.05, 4.69) is 29.6 Å². The summed E-state index contributed by atoms with van der Waals surface area (Å²) in [5.41, 5.74) is 7.98. The van der Waals surface area contributed by atoms with Crippen LogP contribution >= 0.6 is 0 Å². The van der Waals surface area contributed by atoms with Crippen molar-refractivity contribution in [1.29, 1.82) is 0 Å². The molecular formula is C21H32N2O2. The van der Waals surface area contributed by atoms with Crippen molar-refractivity contribution in [3.8, 4) is 0 Å². The van der Waals surface area contributed by atoms with Crippen LogP contribution in [0.5, 0.6) is 0 Å². The zero-order chi connectivity index (χ0) is 17.5. The minimum absolute atomic E-state index is 0.0302. The van der Waals surface area contributed by atoms with Gasteiger partial charge in [-0.2, -0.15) is 0 Å². The molecule has 1 aromatic rings. The summed E-state index contributed by atoms with van der Waals surface area (Å²) in [5.74, 6) is 0.378. The van der Waals surface area contributed by atoms with Gasteiger partial charge in [0.2, 0.25) is 0 Å². The van der Waals surface area contributed by atoms with Crippen LogP contribution < -0.4 is 11.1 Å². The molecule has 1 unspecified atom stereocenters. The number of carbonyl (C=O) groups is 1. The molecule has 25 heavy (non-hydrogen) atoms. The highest BCUT2D eigenvalue weighted by atomic mass is 16.5. The second-order valence-electron chi connectivity index (χ2n) is 7.62. The summed E-state index contributed by atoms with van der Waals surface area (Å²) < 4.78 is 5.83. The number of rotatable bonds is 7. The SMILES string of the molecule is NCc1ccc(CNC(C(=O)OC2CCCC2)C2CCCCC2)cc1. The van der Waals surface area contributed by atoms with Crippen molar-refractivity contribution in [2.45, 2.75) is 83.0 Å². The van der Waals surface area contributed by atoms with E-state index < -0.39 is 0 Å². The molecule has 0 amide bonds. The van der Waals surface area contributed by atoms with E-state index in [0.717, 1.165) is 31.2 Å². The molecule has 1 aromatic carbocycles. The van der Waals surface area contributed by atoms with Crippen LogP contribution in [-0.4, -0.2) is 18.1 Å². The van der Waals surface area contributed by atoms with Gasteiger partial charge in [0, 0.05) is 13.1 Å². The van der Waals surface area contributed by atoms with Crippen molar-refractivity contribution < 1.29 is 9.53 Å². The van der Waals surface area contributed by atoms with Crippen molar-refractivity contribution in [2.75, 3.05) is 0 Å². The van der Waals surface area contributed by atoms with E-state index in [1.807, 2.05) is 0 Å². The van der Waals surface area contributed by atoms with Gasteiger partial charge in [0.1, 0.15) is 12.1 Å². The van der Waals surface area contributed by atoms with E-state index in [1.54, 1.807) is 0 Å². The molecule has 1 atom stereocenters. The number of hydrogen-bond acceptors (Lipinski definition) is 4. The smallest absolute Gasteiger partial charge is 0.323 e. The molecular weight excluding hydrogens is 312 g/mol. The first-order valence-electron chi connectivity index (χ1n) is 9.98. The van der Waals surface area contributed by atoms with Crippen molar-refractivity contribution in [3.05, 3.63) is 35.4 Å². The molecule has 0 spiro atoms. The number of nitrogens with one attached hydrogen (secondary N) is 1. The fraction of sp³-hybridized carbons (Fsp3) is 0.667. The highest BCUT2D eigenvalue weighted by Gasteiger charge is 2.32. The molecule has 138 valence electrons. The highest BCUT2D eigenvalue weighted by Crippen LogP contribution is 2.29. The van der Waals surface area contributed by atoms with Crippen molar-refractivity contribution in [3.63, 3.8) is 0 Å². The van der Waals surface area contributed by atoms with E-state index >= 15 is 0 Å². The summed E-state index contributed by atoms with van der Waals surface area (Å²) in [6, 6.07) is 8.13. The topological polar surface area (TPSA) is 64.3 Å². The quantitative estimate of drug-likeness (QED) is 0.741. The maximum Gasteiger partial charge on any atom is 0.323 e. The first-order chi connectivity index (χ1) is 12.3. The standard InChI is InChI=1S/C21H32N2O2/c22-14-16-10-12-17(13-11-16)15-23-20(18-6-2-1-3-7-18)21(24)25-19-8-4-5-9-19/h10-13,18-20,23H,1-9,14-15,22H2. The van der Waals surface area contributed by atoms with E-state index in [0.29, 0.717) is 19.0 Å². The van der Waals surface area contributed by atoms with Gasteiger partial charge in [-0.05, 0) is 55.6 Å². The van der Waals surface area contributed by atoms with Crippen molar-refractivity contribution in [1.82, 2.24) is 5.32 Å². The monoisotopic (exact) mass is 344 g/mol. The minimum Gasteiger partial charge on any atom is -0.461 e. The largest absolute Gasteiger partial charge is 0.461 e. The summed E-state index contributed by atoms with van der Waals surface area (Å²) in [4.78, 5) is 12.8. The number of ether oxygens (including phenoxy) is 1. The Morgan fingerprint density at radius 2 is 1.60 bits per heavy atom. The summed E-state index contributed by atoms with van der Waals surface area (Å²) in [6.07, 6.45) is 10.6. The van der Waals surface area contributed by atoms with Gasteiger partial charge in [0.25, 0.3) is 0 Å². The van der Waals surface area contributed by atoms with Crippen LogP contribution in [0.25, 0.3) is 0 Å². The Hall–Kier alpha value is -1.39. The molecule has 0 bridgehead atoms. The Kier molecular flexibility index (Phi) is 6.88. The molecule has 4 nitrogen and oxygen atoms in total. The first-order valence-corrected chi connectivity index (χ1v) is 9.98. The highest BCUT2D eigenvalue weighted by molar-refractivity contribution is 5.76. The van der Waals surface area contributed by atoms with Crippen LogP contribution in [0.1, 0.15) is 68.9 Å². The van der Waals surface area contributed by atoms with Gasteiger partial charge in [0.05, 0.1) is 0 Å². The number of hydrogen-bond donors (Lipinski definition) is 2. The molecule has 4 heteroatoms. The Labute approximate surface area is 151 Å². The number of benzene rings is 1. The molecule has 3 rings (SSSR count). The molecule has 0 saturated heterocycles. The van der Waals surface area contributed by atoms with Gasteiger partial charge in [-0.25, -0.2) is 0 Å². The van der Waals surface area contributed by atoms with Crippen LogP contribution in [0.3, 0.4) is 0 Å². The first kappa shape index (κ1) is 18.4.